The van der Waals surface area contributed by atoms with Crippen molar-refractivity contribution in [3.8, 4) is 0 Å². The maximum absolute atomic E-state index is 11.9. The topological polar surface area (TPSA) is 26.3 Å². The molecule has 0 heterocycles. The number of rotatable bonds is 1. The number of carbonyl (C=O) groups excluding carboxylic acids is 1. The molecule has 0 N–H and O–H groups in total. The molecule has 0 radical (unpaired) electrons. The zero-order valence-corrected chi connectivity index (χ0v) is 23.8. The molecule has 3 fully saturated rings. The van der Waals surface area contributed by atoms with Crippen LogP contribution in [0.25, 0.3) is 0 Å². The largest absolute Gasteiger partial charge is 0.462 e. The van der Waals surface area contributed by atoms with Gasteiger partial charge in [-0.05, 0) is 110 Å². The summed E-state index contributed by atoms with van der Waals surface area (Å²) in [5.41, 5.74) is 5.33. The molecule has 2 nitrogen and oxygen atoms in total. The van der Waals surface area contributed by atoms with Gasteiger partial charge in [0.1, 0.15) is 6.10 Å². The Morgan fingerprint density at radius 3 is 2.21 bits per heavy atom. The highest BCUT2D eigenvalue weighted by atomic mass is 16.5. The quantitative estimate of drug-likeness (QED) is 0.284. The summed E-state index contributed by atoms with van der Waals surface area (Å²) in [5.74, 6) is 3.03. The molecule has 0 aromatic heterocycles. The zero-order chi connectivity index (χ0) is 24.9. The number of allylic oxidation sites excluding steroid dienone is 2. The van der Waals surface area contributed by atoms with E-state index in [4.69, 9.17) is 4.74 Å². The number of carbonyl (C=O) groups is 1. The van der Waals surface area contributed by atoms with Crippen molar-refractivity contribution < 1.29 is 9.53 Å². The zero-order valence-electron chi connectivity index (χ0n) is 23.8. The molecule has 0 bridgehead atoms. The van der Waals surface area contributed by atoms with Crippen LogP contribution in [0.3, 0.4) is 0 Å². The van der Waals surface area contributed by atoms with Crippen molar-refractivity contribution in [2.24, 2.45) is 50.7 Å². The fourth-order valence-corrected chi connectivity index (χ4v) is 11.4. The minimum Gasteiger partial charge on any atom is -0.462 e. The van der Waals surface area contributed by atoms with E-state index in [-0.39, 0.29) is 22.9 Å². The van der Waals surface area contributed by atoms with E-state index in [0.29, 0.717) is 22.2 Å². The average Bonchev–Trinajstić information content (AvgIpc) is 2.74. The first-order valence-corrected chi connectivity index (χ1v) is 14.6. The van der Waals surface area contributed by atoms with E-state index in [0.717, 1.165) is 24.2 Å². The van der Waals surface area contributed by atoms with E-state index in [1.165, 1.54) is 57.8 Å². The van der Waals surface area contributed by atoms with Crippen molar-refractivity contribution in [3.63, 3.8) is 0 Å². The molecule has 0 aromatic rings. The summed E-state index contributed by atoms with van der Waals surface area (Å²) in [6.45, 7) is 22.2. The Balaban J connectivity index is 1.56. The first-order valence-electron chi connectivity index (χ1n) is 14.6. The Morgan fingerprint density at radius 2 is 1.53 bits per heavy atom. The molecule has 0 aliphatic heterocycles. The Morgan fingerprint density at radius 1 is 0.824 bits per heavy atom. The summed E-state index contributed by atoms with van der Waals surface area (Å²) in [7, 11) is 0. The second kappa shape index (κ2) is 7.61. The normalized spacial score (nSPS) is 52.1. The molecule has 5 aliphatic rings. The molecule has 0 amide bonds. The van der Waals surface area contributed by atoms with Crippen LogP contribution in [-0.2, 0) is 9.53 Å². The molecule has 0 saturated heterocycles. The summed E-state index contributed by atoms with van der Waals surface area (Å²) in [6, 6.07) is 0. The fraction of sp³-hybridized carbons (Fsp3) is 0.906. The van der Waals surface area contributed by atoms with Crippen molar-refractivity contribution in [2.45, 2.75) is 133 Å². The van der Waals surface area contributed by atoms with Crippen LogP contribution in [0.4, 0.5) is 0 Å². The SMILES string of the molecule is CC(=O)OC1CCC2(C)C3=C(CCC2C1(C)C)C1(C)CCC2(C)CCC(C)C(C)C2C1(C)CC3. The van der Waals surface area contributed by atoms with Gasteiger partial charge in [-0.25, -0.2) is 0 Å². The minimum absolute atomic E-state index is 0.0390. The fourth-order valence-electron chi connectivity index (χ4n) is 11.4. The van der Waals surface area contributed by atoms with Crippen molar-refractivity contribution in [1.82, 2.24) is 0 Å². The van der Waals surface area contributed by atoms with E-state index in [1.807, 2.05) is 11.1 Å². The van der Waals surface area contributed by atoms with Crippen molar-refractivity contribution >= 4 is 5.97 Å². The Kier molecular flexibility index (Phi) is 5.57. The number of hydrogen-bond donors (Lipinski definition) is 0. The van der Waals surface area contributed by atoms with E-state index in [2.05, 4.69) is 55.4 Å². The van der Waals surface area contributed by atoms with Gasteiger partial charge in [0, 0.05) is 12.3 Å². The summed E-state index contributed by atoms with van der Waals surface area (Å²) in [5, 5.41) is 0. The summed E-state index contributed by atoms with van der Waals surface area (Å²) < 4.78 is 5.90. The Labute approximate surface area is 210 Å². The monoisotopic (exact) mass is 468 g/mol. The maximum atomic E-state index is 11.9. The van der Waals surface area contributed by atoms with Crippen molar-refractivity contribution in [3.05, 3.63) is 11.1 Å². The lowest BCUT2D eigenvalue weighted by atomic mass is 9.35. The van der Waals surface area contributed by atoms with E-state index in [1.54, 1.807) is 6.92 Å². The third kappa shape index (κ3) is 3.08. The minimum atomic E-state index is -0.112. The molecule has 5 rings (SSSR count). The summed E-state index contributed by atoms with van der Waals surface area (Å²) >= 11 is 0. The molecule has 0 aromatic carbocycles. The Bertz CT molecular complexity index is 899. The predicted octanol–water partition coefficient (Wildman–Crippen LogP) is 8.74. The van der Waals surface area contributed by atoms with Gasteiger partial charge in [-0.2, -0.15) is 0 Å². The highest BCUT2D eigenvalue weighted by Crippen LogP contribution is 2.75. The van der Waals surface area contributed by atoms with Gasteiger partial charge in [0.05, 0.1) is 0 Å². The van der Waals surface area contributed by atoms with Gasteiger partial charge in [0.25, 0.3) is 0 Å². The molecule has 0 spiro atoms. The molecule has 3 saturated carbocycles. The number of ether oxygens (including phenoxy) is 1. The van der Waals surface area contributed by atoms with E-state index < -0.39 is 0 Å². The highest BCUT2D eigenvalue weighted by Gasteiger charge is 2.66. The second-order valence-corrected chi connectivity index (χ2v) is 15.2. The van der Waals surface area contributed by atoms with Crippen LogP contribution in [0.1, 0.15) is 127 Å². The smallest absolute Gasteiger partial charge is 0.302 e. The van der Waals surface area contributed by atoms with Gasteiger partial charge in [0.15, 0.2) is 0 Å². The van der Waals surface area contributed by atoms with Crippen LogP contribution in [0.5, 0.6) is 0 Å². The molecule has 9 atom stereocenters. The van der Waals surface area contributed by atoms with Crippen molar-refractivity contribution in [1.29, 1.82) is 0 Å². The lowest BCUT2D eigenvalue weighted by molar-refractivity contribution is -0.174. The molecule has 192 valence electrons. The third-order valence-corrected chi connectivity index (χ3v) is 13.5. The van der Waals surface area contributed by atoms with Gasteiger partial charge in [-0.1, -0.05) is 66.5 Å². The van der Waals surface area contributed by atoms with Crippen LogP contribution in [-0.4, -0.2) is 12.1 Å². The summed E-state index contributed by atoms with van der Waals surface area (Å²) in [4.78, 5) is 11.9. The van der Waals surface area contributed by atoms with Gasteiger partial charge < -0.3 is 4.74 Å². The predicted molar refractivity (Wildman–Crippen MR) is 140 cm³/mol. The van der Waals surface area contributed by atoms with Gasteiger partial charge in [-0.15, -0.1) is 0 Å². The molecule has 34 heavy (non-hydrogen) atoms. The standard InChI is InChI=1S/C32H52O2/c1-20-12-15-29(6)18-19-31(8)24-10-11-25-28(4,5)26(34-22(3)33)14-16-30(25,7)23(24)13-17-32(31,9)27(29)21(20)2/h20-21,25-27H,10-19H2,1-9H3. The van der Waals surface area contributed by atoms with E-state index >= 15 is 0 Å². The number of hydrogen-bond acceptors (Lipinski definition) is 2. The lowest BCUT2D eigenvalue weighted by Crippen LogP contribution is -2.62. The first-order chi connectivity index (χ1) is 15.7. The first kappa shape index (κ1) is 24.9. The molecule has 2 heteroatoms. The molecule has 5 aliphatic carbocycles. The number of fused-ring (bicyclic) bond motifs is 6. The maximum Gasteiger partial charge on any atom is 0.302 e. The lowest BCUT2D eigenvalue weighted by Gasteiger charge is -2.70. The molecule has 9 unspecified atom stereocenters. The second-order valence-electron chi connectivity index (χ2n) is 15.2. The van der Waals surface area contributed by atoms with Crippen molar-refractivity contribution in [2.75, 3.05) is 0 Å². The van der Waals surface area contributed by atoms with Crippen LogP contribution in [0.15, 0.2) is 11.1 Å². The molecular weight excluding hydrogens is 416 g/mol. The van der Waals surface area contributed by atoms with Crippen LogP contribution >= 0.6 is 0 Å². The Hall–Kier alpha value is -0.790. The third-order valence-electron chi connectivity index (χ3n) is 13.5. The highest BCUT2D eigenvalue weighted by molar-refractivity contribution is 5.66. The summed E-state index contributed by atoms with van der Waals surface area (Å²) in [6.07, 6.45) is 13.1. The van der Waals surface area contributed by atoms with Crippen LogP contribution in [0, 0.1) is 50.7 Å². The van der Waals surface area contributed by atoms with Crippen LogP contribution in [0.2, 0.25) is 0 Å². The van der Waals surface area contributed by atoms with E-state index in [9.17, 15) is 4.79 Å². The van der Waals surface area contributed by atoms with Gasteiger partial charge >= 0.3 is 5.97 Å². The average molecular weight is 469 g/mol. The van der Waals surface area contributed by atoms with Gasteiger partial charge in [0.2, 0.25) is 0 Å². The van der Waals surface area contributed by atoms with Gasteiger partial charge in [-0.3, -0.25) is 4.79 Å². The molecular formula is C32H52O2. The number of esters is 1. The van der Waals surface area contributed by atoms with Crippen LogP contribution < -0.4 is 0 Å².